The molecule has 0 fully saturated rings. The number of halogens is 3. The molecule has 0 bridgehead atoms. The van der Waals surface area contributed by atoms with Crippen LogP contribution in [0.5, 0.6) is 0 Å². The molecule has 0 radical (unpaired) electrons. The second-order valence-corrected chi connectivity index (χ2v) is 4.04. The van der Waals surface area contributed by atoms with Gasteiger partial charge < -0.3 is 9.52 Å². The number of aromatic nitrogens is 3. The van der Waals surface area contributed by atoms with Gasteiger partial charge in [0.2, 0.25) is 5.89 Å². The molecule has 0 aliphatic heterocycles. The highest BCUT2D eigenvalue weighted by atomic mass is 19.4. The lowest BCUT2D eigenvalue weighted by Crippen LogP contribution is -2.21. The summed E-state index contributed by atoms with van der Waals surface area (Å²) in [6.45, 7) is 0.831. The van der Waals surface area contributed by atoms with E-state index < -0.39 is 41.4 Å². The van der Waals surface area contributed by atoms with Crippen molar-refractivity contribution in [1.82, 2.24) is 14.8 Å². The second kappa shape index (κ2) is 5.04. The topological polar surface area (TPSA) is 98.2 Å². The number of hydrogen-bond donors (Lipinski definition) is 1. The van der Waals surface area contributed by atoms with Crippen LogP contribution < -0.4 is 5.76 Å². The molecular formula is C11H8F3N3O4. The molecule has 0 atom stereocenters. The van der Waals surface area contributed by atoms with Gasteiger partial charge in [-0.1, -0.05) is 0 Å². The van der Waals surface area contributed by atoms with Gasteiger partial charge in [0.15, 0.2) is 0 Å². The molecule has 0 aliphatic rings. The summed E-state index contributed by atoms with van der Waals surface area (Å²) >= 11 is 0. The minimum atomic E-state index is -4.73. The van der Waals surface area contributed by atoms with Gasteiger partial charge in [0.05, 0.1) is 17.8 Å². The van der Waals surface area contributed by atoms with Crippen molar-refractivity contribution in [3.8, 4) is 0 Å². The number of hydrogen-bond acceptors (Lipinski definition) is 5. The number of aryl methyl sites for hydroxylation is 1. The minimum absolute atomic E-state index is 0.00357. The Morgan fingerprint density at radius 3 is 2.57 bits per heavy atom. The summed E-state index contributed by atoms with van der Waals surface area (Å²) in [6.07, 6.45) is -4.73. The molecule has 0 unspecified atom stereocenters. The Hall–Kier alpha value is -2.65. The maximum absolute atomic E-state index is 12.6. The van der Waals surface area contributed by atoms with Crippen molar-refractivity contribution in [2.24, 2.45) is 0 Å². The zero-order valence-corrected chi connectivity index (χ0v) is 10.5. The summed E-state index contributed by atoms with van der Waals surface area (Å²) < 4.78 is 43.1. The van der Waals surface area contributed by atoms with Gasteiger partial charge in [0.1, 0.15) is 5.69 Å². The quantitative estimate of drug-likeness (QED) is 0.917. The van der Waals surface area contributed by atoms with E-state index in [-0.39, 0.29) is 5.89 Å². The molecule has 1 N–H and O–H groups in total. The molecule has 2 rings (SSSR count). The Morgan fingerprint density at radius 2 is 2.10 bits per heavy atom. The van der Waals surface area contributed by atoms with Gasteiger partial charge in [-0.15, -0.1) is 5.10 Å². The van der Waals surface area contributed by atoms with Crippen molar-refractivity contribution in [3.05, 3.63) is 45.5 Å². The highest BCUT2D eigenvalue weighted by Gasteiger charge is 2.33. The maximum Gasteiger partial charge on any atom is 0.437 e. The molecule has 0 saturated carbocycles. The average Bonchev–Trinajstić information content (AvgIpc) is 2.66. The van der Waals surface area contributed by atoms with Crippen molar-refractivity contribution in [2.75, 3.05) is 0 Å². The minimum Gasteiger partial charge on any atom is -0.478 e. The third-order valence-corrected chi connectivity index (χ3v) is 2.50. The Kier molecular flexibility index (Phi) is 3.54. The molecule has 0 aromatic carbocycles. The molecule has 0 saturated heterocycles. The number of carbonyl (C=O) groups is 1. The van der Waals surface area contributed by atoms with Crippen LogP contribution >= 0.6 is 0 Å². The molecule has 2 aromatic heterocycles. The van der Waals surface area contributed by atoms with Crippen molar-refractivity contribution in [3.63, 3.8) is 0 Å². The summed E-state index contributed by atoms with van der Waals surface area (Å²) in [4.78, 5) is 25.6. The van der Waals surface area contributed by atoms with Gasteiger partial charge in [-0.2, -0.15) is 17.9 Å². The summed E-state index contributed by atoms with van der Waals surface area (Å²) in [7, 11) is 0. The van der Waals surface area contributed by atoms with Gasteiger partial charge in [-0.05, 0) is 12.1 Å². The molecule has 21 heavy (non-hydrogen) atoms. The third-order valence-electron chi connectivity index (χ3n) is 2.50. The lowest BCUT2D eigenvalue weighted by atomic mass is 10.1. The van der Waals surface area contributed by atoms with Crippen LogP contribution in [0, 0.1) is 6.92 Å². The van der Waals surface area contributed by atoms with Crippen molar-refractivity contribution >= 4 is 5.97 Å². The van der Waals surface area contributed by atoms with Crippen LogP contribution in [0.2, 0.25) is 0 Å². The van der Waals surface area contributed by atoms with Crippen LogP contribution in [0.25, 0.3) is 0 Å². The average molecular weight is 303 g/mol. The van der Waals surface area contributed by atoms with Crippen molar-refractivity contribution < 1.29 is 27.5 Å². The zero-order valence-electron chi connectivity index (χ0n) is 10.5. The van der Waals surface area contributed by atoms with E-state index in [4.69, 9.17) is 5.11 Å². The van der Waals surface area contributed by atoms with E-state index in [0.717, 1.165) is 6.07 Å². The lowest BCUT2D eigenvalue weighted by molar-refractivity contribution is -0.141. The van der Waals surface area contributed by atoms with E-state index in [1.165, 1.54) is 6.92 Å². The summed E-state index contributed by atoms with van der Waals surface area (Å²) in [5.74, 6) is -2.37. The largest absolute Gasteiger partial charge is 0.478 e. The molecule has 112 valence electrons. The fraction of sp³-hybridized carbons (Fsp3) is 0.273. The normalized spacial score (nSPS) is 11.6. The first-order valence-electron chi connectivity index (χ1n) is 5.53. The number of carboxylic acid groups (broad SMARTS) is 1. The van der Waals surface area contributed by atoms with Crippen LogP contribution in [0.1, 0.15) is 27.6 Å². The zero-order chi connectivity index (χ0) is 15.8. The highest BCUT2D eigenvalue weighted by molar-refractivity contribution is 5.88. The lowest BCUT2D eigenvalue weighted by Gasteiger charge is -2.09. The van der Waals surface area contributed by atoms with Crippen molar-refractivity contribution in [1.29, 1.82) is 0 Å². The van der Waals surface area contributed by atoms with E-state index in [1.807, 2.05) is 0 Å². The Balaban J connectivity index is 2.51. The molecule has 0 spiro atoms. The van der Waals surface area contributed by atoms with E-state index >= 15 is 0 Å². The van der Waals surface area contributed by atoms with Crippen LogP contribution in [0.4, 0.5) is 13.2 Å². The van der Waals surface area contributed by atoms with Crippen molar-refractivity contribution in [2.45, 2.75) is 19.6 Å². The SMILES string of the molecule is Cc1nn(Cc2nc(C(F)(F)F)ccc2C(=O)O)c(=O)o1. The van der Waals surface area contributed by atoms with Gasteiger partial charge in [0, 0.05) is 6.92 Å². The summed E-state index contributed by atoms with van der Waals surface area (Å²) in [5, 5.41) is 12.6. The van der Waals surface area contributed by atoms with Crippen LogP contribution in [0.3, 0.4) is 0 Å². The molecular weight excluding hydrogens is 295 g/mol. The fourth-order valence-corrected chi connectivity index (χ4v) is 1.63. The number of carboxylic acids is 1. The van der Waals surface area contributed by atoms with Gasteiger partial charge >= 0.3 is 17.9 Å². The first-order chi connectivity index (χ1) is 9.68. The van der Waals surface area contributed by atoms with Gasteiger partial charge in [0.25, 0.3) is 0 Å². The standard InChI is InChI=1S/C11H8F3N3O4/c1-5-16-17(10(20)21-5)4-7-6(9(18)19)2-3-8(15-7)11(12,13)14/h2-3H,4H2,1H3,(H,18,19). The van der Waals surface area contributed by atoms with E-state index in [9.17, 15) is 22.8 Å². The molecule has 2 heterocycles. The first-order valence-corrected chi connectivity index (χ1v) is 5.53. The van der Waals surface area contributed by atoms with E-state index in [1.54, 1.807) is 0 Å². The van der Waals surface area contributed by atoms with E-state index in [0.29, 0.717) is 10.7 Å². The molecule has 0 aliphatic carbocycles. The molecule has 10 heteroatoms. The van der Waals surface area contributed by atoms with E-state index in [2.05, 4.69) is 14.5 Å². The second-order valence-electron chi connectivity index (χ2n) is 4.04. The van der Waals surface area contributed by atoms with Crippen LogP contribution in [-0.2, 0) is 12.7 Å². The number of nitrogens with zero attached hydrogens (tertiary/aromatic N) is 3. The molecule has 7 nitrogen and oxygen atoms in total. The van der Waals surface area contributed by atoms with Crippen LogP contribution in [0.15, 0.2) is 21.3 Å². The highest BCUT2D eigenvalue weighted by Crippen LogP contribution is 2.28. The predicted molar refractivity (Wildman–Crippen MR) is 60.8 cm³/mol. The Labute approximate surface area is 114 Å². The molecule has 2 aromatic rings. The number of pyridine rings is 1. The number of alkyl halides is 3. The number of aromatic carboxylic acids is 1. The van der Waals surface area contributed by atoms with Gasteiger partial charge in [-0.25, -0.2) is 14.6 Å². The third kappa shape index (κ3) is 3.09. The molecule has 0 amide bonds. The van der Waals surface area contributed by atoms with Crippen LogP contribution in [-0.4, -0.2) is 25.8 Å². The smallest absolute Gasteiger partial charge is 0.437 e. The fourth-order valence-electron chi connectivity index (χ4n) is 1.63. The monoisotopic (exact) mass is 303 g/mol. The Morgan fingerprint density at radius 1 is 1.43 bits per heavy atom. The maximum atomic E-state index is 12.6. The first kappa shape index (κ1) is 14.8. The van der Waals surface area contributed by atoms with Gasteiger partial charge in [-0.3, -0.25) is 0 Å². The summed E-state index contributed by atoms with van der Waals surface area (Å²) in [6, 6.07) is 1.34. The predicted octanol–water partition coefficient (Wildman–Crippen LogP) is 1.31. The Bertz CT molecular complexity index is 748. The number of rotatable bonds is 3. The summed E-state index contributed by atoms with van der Waals surface area (Å²) in [5.41, 5.74) is -2.14.